The van der Waals surface area contributed by atoms with Crippen molar-refractivity contribution in [2.75, 3.05) is 0 Å². The van der Waals surface area contributed by atoms with E-state index in [1.807, 2.05) is 0 Å². The van der Waals surface area contributed by atoms with Crippen molar-refractivity contribution in [3.63, 3.8) is 0 Å². The monoisotopic (exact) mass is 119 g/mol. The third-order valence-corrected chi connectivity index (χ3v) is 1.28. The normalized spacial score (nSPS) is 9.67. The molecule has 1 aromatic rings. The Morgan fingerprint density at radius 2 is 1.44 bits per heavy atom. The average Bonchev–Trinajstić information content (AvgIpc) is 1.59. The second-order valence-electron chi connectivity index (χ2n) is 2.50. The van der Waals surface area contributed by atoms with Crippen molar-refractivity contribution in [2.24, 2.45) is 0 Å². The second kappa shape index (κ2) is 2.22. The Morgan fingerprint density at radius 3 is 1.78 bits per heavy atom. The Labute approximate surface area is 56.5 Å². The van der Waals surface area contributed by atoms with Crippen LogP contribution in [0.1, 0.15) is 16.7 Å². The van der Waals surface area contributed by atoms with Crippen LogP contribution in [0.25, 0.3) is 0 Å². The van der Waals surface area contributed by atoms with Gasteiger partial charge in [0.05, 0.1) is 0 Å². The van der Waals surface area contributed by atoms with E-state index in [2.05, 4.69) is 39.0 Å². The zero-order valence-corrected chi connectivity index (χ0v) is 5.94. The van der Waals surface area contributed by atoms with Gasteiger partial charge in [0, 0.05) is 0 Å². The largest absolute Gasteiger partial charge is 0.0564 e. The predicted octanol–water partition coefficient (Wildman–Crippen LogP) is 2.49. The number of benzene rings is 1. The fourth-order valence-corrected chi connectivity index (χ4v) is 1.07. The summed E-state index contributed by atoms with van der Waals surface area (Å²) in [6, 6.07) is 6.30. The summed E-state index contributed by atoms with van der Waals surface area (Å²) < 4.78 is 0. The first-order valence-electron chi connectivity index (χ1n) is 3.09. The van der Waals surface area contributed by atoms with Crippen molar-refractivity contribution in [1.29, 1.82) is 0 Å². The molecule has 0 heteroatoms. The van der Waals surface area contributed by atoms with Gasteiger partial charge in [-0.05, 0) is 26.3 Å². The van der Waals surface area contributed by atoms with E-state index in [1.54, 1.807) is 0 Å². The highest BCUT2D eigenvalue weighted by molar-refractivity contribution is 5.29. The van der Waals surface area contributed by atoms with E-state index in [1.165, 1.54) is 11.1 Å². The van der Waals surface area contributed by atoms with Gasteiger partial charge in [-0.2, -0.15) is 0 Å². The van der Waals surface area contributed by atoms with Crippen molar-refractivity contribution in [3.05, 3.63) is 41.8 Å². The molecule has 1 radical (unpaired) electrons. The second-order valence-corrected chi connectivity index (χ2v) is 2.50. The average molecular weight is 119 g/mol. The number of hydrogen-bond donors (Lipinski definition) is 0. The van der Waals surface area contributed by atoms with Crippen molar-refractivity contribution in [2.45, 2.75) is 13.8 Å². The van der Waals surface area contributed by atoms with E-state index in [0.29, 0.717) is 0 Å². The molecule has 0 unspecified atom stereocenters. The summed E-state index contributed by atoms with van der Waals surface area (Å²) in [5.41, 5.74) is 3.69. The third-order valence-electron chi connectivity index (χ3n) is 1.28. The van der Waals surface area contributed by atoms with Crippen LogP contribution in [0.15, 0.2) is 18.2 Å². The Hall–Kier alpha value is -0.780. The van der Waals surface area contributed by atoms with Crippen molar-refractivity contribution >= 4 is 0 Å². The van der Waals surface area contributed by atoms with Gasteiger partial charge in [0.1, 0.15) is 0 Å². The summed E-state index contributed by atoms with van der Waals surface area (Å²) in [4.78, 5) is 0. The fourth-order valence-electron chi connectivity index (χ4n) is 1.07. The van der Waals surface area contributed by atoms with E-state index < -0.39 is 0 Å². The molecule has 0 saturated heterocycles. The van der Waals surface area contributed by atoms with Crippen molar-refractivity contribution in [1.82, 2.24) is 0 Å². The van der Waals surface area contributed by atoms with E-state index in [-0.39, 0.29) is 0 Å². The van der Waals surface area contributed by atoms with Crippen molar-refractivity contribution in [3.8, 4) is 0 Å². The molecular weight excluding hydrogens is 108 g/mol. The molecule has 0 fully saturated rings. The lowest BCUT2D eigenvalue weighted by Crippen LogP contribution is -1.78. The quantitative estimate of drug-likeness (QED) is 0.492. The molecule has 0 heterocycles. The summed E-state index contributed by atoms with van der Waals surface area (Å²) in [5.74, 6) is 0. The van der Waals surface area contributed by atoms with Gasteiger partial charge in [-0.25, -0.2) is 0 Å². The highest BCUT2D eigenvalue weighted by Gasteiger charge is 1.87. The van der Waals surface area contributed by atoms with Crippen LogP contribution >= 0.6 is 0 Å². The van der Waals surface area contributed by atoms with Crippen LogP contribution in [0.2, 0.25) is 0 Å². The highest BCUT2D eigenvalue weighted by Crippen LogP contribution is 2.06. The molecule has 0 N–H and O–H groups in total. The molecule has 0 aliphatic carbocycles. The van der Waals surface area contributed by atoms with Crippen molar-refractivity contribution < 1.29 is 0 Å². The van der Waals surface area contributed by atoms with Crippen LogP contribution in [0.3, 0.4) is 0 Å². The Balaban J connectivity index is 3.17. The van der Waals surface area contributed by atoms with Gasteiger partial charge in [0.15, 0.2) is 0 Å². The van der Waals surface area contributed by atoms with Crippen LogP contribution in [0, 0.1) is 20.8 Å². The predicted molar refractivity (Wildman–Crippen MR) is 40.4 cm³/mol. The maximum absolute atomic E-state index is 3.84. The molecule has 0 nitrogen and oxygen atoms in total. The first-order chi connectivity index (χ1) is 4.18. The zero-order chi connectivity index (χ0) is 6.85. The van der Waals surface area contributed by atoms with Gasteiger partial charge < -0.3 is 0 Å². The van der Waals surface area contributed by atoms with Gasteiger partial charge in [0.25, 0.3) is 0 Å². The molecular formula is C9H11. The Kier molecular flexibility index (Phi) is 1.56. The first-order valence-corrected chi connectivity index (χ1v) is 3.09. The van der Waals surface area contributed by atoms with Crippen LogP contribution in [-0.2, 0) is 0 Å². The minimum Gasteiger partial charge on any atom is -0.0564 e. The Bertz CT molecular complexity index is 161. The lowest BCUT2D eigenvalue weighted by Gasteiger charge is -1.96. The number of rotatable bonds is 0. The first kappa shape index (κ1) is 6.34. The summed E-state index contributed by atoms with van der Waals surface area (Å²) in [6.45, 7) is 8.01. The molecule has 0 atom stereocenters. The molecule has 0 saturated carbocycles. The summed E-state index contributed by atoms with van der Waals surface area (Å²) in [5, 5.41) is 0. The molecule has 0 aliphatic rings. The molecule has 9 heavy (non-hydrogen) atoms. The van der Waals surface area contributed by atoms with Crippen LogP contribution < -0.4 is 0 Å². The fraction of sp³-hybridized carbons (Fsp3) is 0.222. The van der Waals surface area contributed by atoms with E-state index >= 15 is 0 Å². The van der Waals surface area contributed by atoms with Gasteiger partial charge >= 0.3 is 0 Å². The maximum Gasteiger partial charge on any atom is -0.0238 e. The maximum atomic E-state index is 3.84. The SMILES string of the molecule is [CH2]c1cc(C)cc(C)c1. The lowest BCUT2D eigenvalue weighted by atomic mass is 10.1. The molecule has 0 aliphatic heterocycles. The summed E-state index contributed by atoms with van der Waals surface area (Å²) in [6.07, 6.45) is 0. The molecule has 1 rings (SSSR count). The highest BCUT2D eigenvalue weighted by atomic mass is 13.9. The van der Waals surface area contributed by atoms with E-state index in [4.69, 9.17) is 0 Å². The molecule has 47 valence electrons. The lowest BCUT2D eigenvalue weighted by molar-refractivity contribution is 1.36. The van der Waals surface area contributed by atoms with E-state index in [0.717, 1.165) is 5.56 Å². The molecule has 0 amide bonds. The van der Waals surface area contributed by atoms with Gasteiger partial charge in [-0.1, -0.05) is 29.3 Å². The third kappa shape index (κ3) is 1.56. The van der Waals surface area contributed by atoms with Crippen LogP contribution in [0.5, 0.6) is 0 Å². The van der Waals surface area contributed by atoms with Gasteiger partial charge in [-0.15, -0.1) is 0 Å². The van der Waals surface area contributed by atoms with Crippen LogP contribution in [0.4, 0.5) is 0 Å². The smallest absolute Gasteiger partial charge is 0.0238 e. The number of hydrogen-bond acceptors (Lipinski definition) is 0. The molecule has 0 aromatic heterocycles. The molecule has 0 spiro atoms. The summed E-state index contributed by atoms with van der Waals surface area (Å²) >= 11 is 0. The number of aryl methyl sites for hydroxylation is 2. The molecule has 0 bridgehead atoms. The molecule has 1 aromatic carbocycles. The van der Waals surface area contributed by atoms with E-state index in [9.17, 15) is 0 Å². The van der Waals surface area contributed by atoms with Crippen LogP contribution in [-0.4, -0.2) is 0 Å². The van der Waals surface area contributed by atoms with Gasteiger partial charge in [0.2, 0.25) is 0 Å². The van der Waals surface area contributed by atoms with Gasteiger partial charge in [-0.3, -0.25) is 0 Å². The minimum absolute atomic E-state index is 1.10. The standard InChI is InChI=1S/C9H11/c1-7-4-8(2)6-9(3)5-7/h4-6H,1H2,2-3H3. The Morgan fingerprint density at radius 1 is 1.00 bits per heavy atom. The minimum atomic E-state index is 1.10. The zero-order valence-electron chi connectivity index (χ0n) is 5.94. The topological polar surface area (TPSA) is 0 Å². The summed E-state index contributed by atoms with van der Waals surface area (Å²) in [7, 11) is 0.